The van der Waals surface area contributed by atoms with Gasteiger partial charge in [-0.25, -0.2) is 5.84 Å². The van der Waals surface area contributed by atoms with Crippen molar-refractivity contribution in [1.29, 1.82) is 0 Å². The molecule has 2 aromatic carbocycles. The number of hydrazine groups is 1. The van der Waals surface area contributed by atoms with Crippen molar-refractivity contribution in [3.8, 4) is 11.5 Å². The molecule has 1 saturated carbocycles. The lowest BCUT2D eigenvalue weighted by molar-refractivity contribution is -0.123. The van der Waals surface area contributed by atoms with Crippen molar-refractivity contribution in [3.05, 3.63) is 54.1 Å². The summed E-state index contributed by atoms with van der Waals surface area (Å²) in [4.78, 5) is 16.6. The van der Waals surface area contributed by atoms with Gasteiger partial charge < -0.3 is 14.4 Å². The van der Waals surface area contributed by atoms with E-state index in [0.29, 0.717) is 6.54 Å². The maximum atomic E-state index is 12.0. The Bertz CT molecular complexity index is 886. The predicted molar refractivity (Wildman–Crippen MR) is 126 cm³/mol. The molecule has 0 spiro atoms. The predicted octanol–water partition coefficient (Wildman–Crippen LogP) is 2.74. The summed E-state index contributed by atoms with van der Waals surface area (Å²) >= 11 is 0. The molecule has 1 amide bonds. The standard InChI is InChI=1S/C25H34N4O3/c1-31-23-12-11-20(16-24(23)32-22-9-5-6-10-22)28-13-14-29(18-25(30)27-26)21(17-28)15-19-7-3-2-4-8-19/h2-4,7-8,11-12,16,21-22H,5-6,9-10,13-15,17-18,26H2,1H3,(H,27,30)/t21-/m0/s1. The van der Waals surface area contributed by atoms with Crippen LogP contribution in [-0.4, -0.2) is 56.2 Å². The Morgan fingerprint density at radius 2 is 1.88 bits per heavy atom. The molecular weight excluding hydrogens is 404 g/mol. The first-order valence-electron chi connectivity index (χ1n) is 11.5. The summed E-state index contributed by atoms with van der Waals surface area (Å²) < 4.78 is 11.9. The summed E-state index contributed by atoms with van der Waals surface area (Å²) in [6.45, 7) is 2.75. The molecule has 2 aliphatic rings. The summed E-state index contributed by atoms with van der Waals surface area (Å²) in [5.74, 6) is 6.79. The number of carbonyl (C=O) groups is 1. The Hall–Kier alpha value is -2.77. The third-order valence-corrected chi connectivity index (χ3v) is 6.53. The quantitative estimate of drug-likeness (QED) is 0.375. The lowest BCUT2D eigenvalue weighted by atomic mass is 10.0. The average molecular weight is 439 g/mol. The molecule has 0 bridgehead atoms. The number of carbonyl (C=O) groups excluding carboxylic acids is 1. The zero-order chi connectivity index (χ0) is 22.3. The highest BCUT2D eigenvalue weighted by Gasteiger charge is 2.29. The summed E-state index contributed by atoms with van der Waals surface area (Å²) in [5, 5.41) is 0. The summed E-state index contributed by atoms with van der Waals surface area (Å²) in [7, 11) is 1.69. The van der Waals surface area contributed by atoms with Crippen molar-refractivity contribution < 1.29 is 14.3 Å². The number of piperazine rings is 1. The van der Waals surface area contributed by atoms with Crippen LogP contribution in [0.25, 0.3) is 0 Å². The van der Waals surface area contributed by atoms with Gasteiger partial charge in [0.05, 0.1) is 19.8 Å². The highest BCUT2D eigenvalue weighted by Crippen LogP contribution is 2.35. The van der Waals surface area contributed by atoms with E-state index in [1.54, 1.807) is 7.11 Å². The summed E-state index contributed by atoms with van der Waals surface area (Å²) in [6.07, 6.45) is 5.81. The van der Waals surface area contributed by atoms with Crippen LogP contribution < -0.4 is 25.6 Å². The van der Waals surface area contributed by atoms with Crippen molar-refractivity contribution in [2.75, 3.05) is 38.2 Å². The lowest BCUT2D eigenvalue weighted by Crippen LogP contribution is -2.56. The van der Waals surface area contributed by atoms with Gasteiger partial charge in [0.2, 0.25) is 5.91 Å². The Morgan fingerprint density at radius 1 is 1.09 bits per heavy atom. The number of amides is 1. The van der Waals surface area contributed by atoms with E-state index in [9.17, 15) is 4.79 Å². The molecule has 0 unspecified atom stereocenters. The fraction of sp³-hybridized carbons (Fsp3) is 0.480. The molecule has 1 saturated heterocycles. The molecule has 2 aromatic rings. The van der Waals surface area contributed by atoms with Crippen LogP contribution in [0.3, 0.4) is 0 Å². The smallest absolute Gasteiger partial charge is 0.248 e. The zero-order valence-electron chi connectivity index (χ0n) is 18.8. The Labute approximate surface area is 190 Å². The van der Waals surface area contributed by atoms with Crippen LogP contribution in [0, 0.1) is 0 Å². The minimum atomic E-state index is -0.159. The number of ether oxygens (including phenoxy) is 2. The Kier molecular flexibility index (Phi) is 7.50. The molecule has 1 heterocycles. The van der Waals surface area contributed by atoms with Crippen LogP contribution in [0.4, 0.5) is 5.69 Å². The third kappa shape index (κ3) is 5.53. The van der Waals surface area contributed by atoms with Gasteiger partial charge in [-0.3, -0.25) is 15.1 Å². The number of hydrogen-bond acceptors (Lipinski definition) is 6. The van der Waals surface area contributed by atoms with Gasteiger partial charge in [0.25, 0.3) is 0 Å². The number of rotatable bonds is 8. The van der Waals surface area contributed by atoms with Gasteiger partial charge in [-0.2, -0.15) is 0 Å². The molecule has 2 fully saturated rings. The van der Waals surface area contributed by atoms with Gasteiger partial charge in [-0.05, 0) is 49.8 Å². The highest BCUT2D eigenvalue weighted by molar-refractivity contribution is 5.77. The number of hydrogen-bond donors (Lipinski definition) is 2. The van der Waals surface area contributed by atoms with Gasteiger partial charge in [-0.1, -0.05) is 30.3 Å². The second-order valence-electron chi connectivity index (χ2n) is 8.69. The first-order valence-corrected chi connectivity index (χ1v) is 11.5. The van der Waals surface area contributed by atoms with Crippen LogP contribution in [0.2, 0.25) is 0 Å². The molecule has 172 valence electrons. The molecule has 0 aromatic heterocycles. The normalized spacial score (nSPS) is 19.7. The maximum absolute atomic E-state index is 12.0. The van der Waals surface area contributed by atoms with Crippen molar-refractivity contribution in [1.82, 2.24) is 10.3 Å². The minimum absolute atomic E-state index is 0.159. The van der Waals surface area contributed by atoms with Gasteiger partial charge in [-0.15, -0.1) is 0 Å². The van der Waals surface area contributed by atoms with Crippen molar-refractivity contribution in [2.24, 2.45) is 5.84 Å². The van der Waals surface area contributed by atoms with Crippen molar-refractivity contribution in [3.63, 3.8) is 0 Å². The van der Waals surface area contributed by atoms with E-state index in [4.69, 9.17) is 15.3 Å². The Morgan fingerprint density at radius 3 is 2.59 bits per heavy atom. The summed E-state index contributed by atoms with van der Waals surface area (Å²) in [6, 6.07) is 16.8. The molecule has 1 aliphatic carbocycles. The summed E-state index contributed by atoms with van der Waals surface area (Å²) in [5.41, 5.74) is 4.66. The SMILES string of the molecule is COc1ccc(N2CCN(CC(=O)NN)[C@@H](Cc3ccccc3)C2)cc1OC1CCCC1. The van der Waals surface area contributed by atoms with E-state index in [-0.39, 0.29) is 18.1 Å². The number of methoxy groups -OCH3 is 1. The number of anilines is 1. The highest BCUT2D eigenvalue weighted by atomic mass is 16.5. The molecule has 4 rings (SSSR count). The molecule has 7 nitrogen and oxygen atoms in total. The fourth-order valence-corrected chi connectivity index (χ4v) is 4.79. The molecule has 32 heavy (non-hydrogen) atoms. The zero-order valence-corrected chi connectivity index (χ0v) is 18.8. The topological polar surface area (TPSA) is 80.1 Å². The van der Waals surface area contributed by atoms with E-state index >= 15 is 0 Å². The third-order valence-electron chi connectivity index (χ3n) is 6.53. The molecule has 1 aliphatic heterocycles. The van der Waals surface area contributed by atoms with E-state index in [0.717, 1.165) is 56.1 Å². The second kappa shape index (κ2) is 10.7. The van der Waals surface area contributed by atoms with Crippen LogP contribution in [0.5, 0.6) is 11.5 Å². The van der Waals surface area contributed by atoms with Gasteiger partial charge in [0, 0.05) is 37.4 Å². The van der Waals surface area contributed by atoms with Gasteiger partial charge >= 0.3 is 0 Å². The monoisotopic (exact) mass is 438 g/mol. The maximum Gasteiger partial charge on any atom is 0.248 e. The van der Waals surface area contributed by atoms with Gasteiger partial charge in [0.1, 0.15) is 0 Å². The van der Waals surface area contributed by atoms with Crippen molar-refractivity contribution in [2.45, 2.75) is 44.2 Å². The molecule has 7 heteroatoms. The first-order chi connectivity index (χ1) is 15.7. The number of nitrogens with two attached hydrogens (primary N) is 1. The first kappa shape index (κ1) is 22.4. The second-order valence-corrected chi connectivity index (χ2v) is 8.69. The lowest BCUT2D eigenvalue weighted by Gasteiger charge is -2.42. The molecule has 1 atom stereocenters. The number of nitrogens with zero attached hydrogens (tertiary/aromatic N) is 2. The van der Waals surface area contributed by atoms with Crippen LogP contribution in [0.1, 0.15) is 31.2 Å². The fourth-order valence-electron chi connectivity index (χ4n) is 4.79. The average Bonchev–Trinajstić information content (AvgIpc) is 3.34. The van der Waals surface area contributed by atoms with Crippen LogP contribution >= 0.6 is 0 Å². The van der Waals surface area contributed by atoms with Crippen LogP contribution in [-0.2, 0) is 11.2 Å². The minimum Gasteiger partial charge on any atom is -0.493 e. The Balaban J connectivity index is 1.52. The molecular formula is C25H34N4O3. The van der Waals surface area contributed by atoms with E-state index in [1.807, 2.05) is 12.1 Å². The van der Waals surface area contributed by atoms with Crippen molar-refractivity contribution >= 4 is 11.6 Å². The molecule has 3 N–H and O–H groups in total. The van der Waals surface area contributed by atoms with E-state index in [2.05, 4.69) is 51.6 Å². The molecule has 0 radical (unpaired) electrons. The van der Waals surface area contributed by atoms with Crippen LogP contribution in [0.15, 0.2) is 48.5 Å². The number of benzene rings is 2. The largest absolute Gasteiger partial charge is 0.493 e. The van der Waals surface area contributed by atoms with E-state index < -0.39 is 0 Å². The van der Waals surface area contributed by atoms with Gasteiger partial charge in [0.15, 0.2) is 11.5 Å². The van der Waals surface area contributed by atoms with E-state index in [1.165, 1.54) is 18.4 Å². The number of nitrogens with one attached hydrogen (secondary N) is 1.